The van der Waals surface area contributed by atoms with Crippen LogP contribution < -0.4 is 5.32 Å². The van der Waals surface area contributed by atoms with Gasteiger partial charge in [-0.1, -0.05) is 6.92 Å². The van der Waals surface area contributed by atoms with Gasteiger partial charge in [0.15, 0.2) is 0 Å². The van der Waals surface area contributed by atoms with Crippen LogP contribution in [0.1, 0.15) is 30.5 Å². The molecule has 1 unspecified atom stereocenters. The van der Waals surface area contributed by atoms with Crippen molar-refractivity contribution < 1.29 is 0 Å². The summed E-state index contributed by atoms with van der Waals surface area (Å²) in [5.41, 5.74) is 2.35. The minimum Gasteiger partial charge on any atom is -0.310 e. The average Bonchev–Trinajstić information content (AvgIpc) is 2.44. The molecule has 0 aliphatic rings. The Morgan fingerprint density at radius 1 is 1.26 bits per heavy atom. The highest BCUT2D eigenvalue weighted by molar-refractivity contribution is 9.10. The van der Waals surface area contributed by atoms with Crippen molar-refractivity contribution >= 4 is 15.9 Å². The minimum atomic E-state index is 0.242. The van der Waals surface area contributed by atoms with E-state index >= 15 is 0 Å². The first kappa shape index (κ1) is 14.1. The highest BCUT2D eigenvalue weighted by atomic mass is 79.9. The van der Waals surface area contributed by atoms with E-state index in [1.165, 1.54) is 5.56 Å². The van der Waals surface area contributed by atoms with Crippen LogP contribution in [-0.4, -0.2) is 21.7 Å². The first-order valence-corrected chi connectivity index (χ1v) is 7.18. The molecule has 0 saturated carbocycles. The maximum atomic E-state index is 4.21. The smallest absolute Gasteiger partial charge is 0.0544 e. The number of pyridine rings is 1. The quantitative estimate of drug-likeness (QED) is 0.889. The molecule has 0 bridgehead atoms. The van der Waals surface area contributed by atoms with E-state index in [1.807, 2.05) is 18.5 Å². The van der Waals surface area contributed by atoms with Gasteiger partial charge in [-0.3, -0.25) is 4.98 Å². The van der Waals surface area contributed by atoms with Crippen molar-refractivity contribution in [3.05, 3.63) is 52.5 Å². The molecule has 0 amide bonds. The molecule has 1 atom stereocenters. The zero-order valence-electron chi connectivity index (χ0n) is 10.9. The predicted molar refractivity (Wildman–Crippen MR) is 78.7 cm³/mol. The number of aromatic nitrogens is 3. The molecular weight excluding hydrogens is 304 g/mol. The van der Waals surface area contributed by atoms with Crippen LogP contribution in [0.2, 0.25) is 0 Å². The number of rotatable bonds is 6. The van der Waals surface area contributed by atoms with E-state index in [1.54, 1.807) is 12.4 Å². The Kier molecular flexibility index (Phi) is 5.42. The fourth-order valence-electron chi connectivity index (χ4n) is 1.94. The van der Waals surface area contributed by atoms with E-state index in [0.29, 0.717) is 0 Å². The lowest BCUT2D eigenvalue weighted by Crippen LogP contribution is -2.24. The summed E-state index contributed by atoms with van der Waals surface area (Å²) < 4.78 is 1.01. The van der Waals surface area contributed by atoms with Crippen LogP contribution in [0.15, 0.2) is 41.4 Å². The largest absolute Gasteiger partial charge is 0.310 e. The Bertz CT molecular complexity index is 504. The van der Waals surface area contributed by atoms with Gasteiger partial charge in [0, 0.05) is 29.1 Å². The molecule has 5 heteroatoms. The molecule has 0 aromatic carbocycles. The van der Waals surface area contributed by atoms with Crippen LogP contribution in [0, 0.1) is 0 Å². The fraction of sp³-hybridized carbons (Fsp3) is 0.357. The van der Waals surface area contributed by atoms with E-state index in [-0.39, 0.29) is 6.04 Å². The second-order valence-electron chi connectivity index (χ2n) is 4.40. The third-order valence-corrected chi connectivity index (χ3v) is 3.29. The molecular formula is C14H17BrN4. The van der Waals surface area contributed by atoms with E-state index in [2.05, 4.69) is 49.4 Å². The summed E-state index contributed by atoms with van der Waals surface area (Å²) in [5, 5.41) is 11.3. The zero-order valence-corrected chi connectivity index (χ0v) is 12.5. The average molecular weight is 321 g/mol. The molecule has 100 valence electrons. The Balaban J connectivity index is 2.14. The third kappa shape index (κ3) is 4.36. The van der Waals surface area contributed by atoms with Crippen molar-refractivity contribution in [1.82, 2.24) is 20.5 Å². The molecule has 19 heavy (non-hydrogen) atoms. The lowest BCUT2D eigenvalue weighted by molar-refractivity contribution is 0.526. The highest BCUT2D eigenvalue weighted by Crippen LogP contribution is 2.19. The van der Waals surface area contributed by atoms with Crippen LogP contribution in [0.5, 0.6) is 0 Å². The molecule has 0 aliphatic heterocycles. The fourth-order valence-corrected chi connectivity index (χ4v) is 2.35. The number of hydrogen-bond acceptors (Lipinski definition) is 4. The number of nitrogens with zero attached hydrogens (tertiary/aromatic N) is 3. The number of halogens is 1. The molecule has 2 rings (SSSR count). The molecule has 0 aliphatic carbocycles. The molecule has 0 spiro atoms. The normalized spacial score (nSPS) is 12.3. The first-order valence-electron chi connectivity index (χ1n) is 6.39. The van der Waals surface area contributed by atoms with Gasteiger partial charge in [-0.05, 0) is 58.6 Å². The van der Waals surface area contributed by atoms with Gasteiger partial charge >= 0.3 is 0 Å². The van der Waals surface area contributed by atoms with Gasteiger partial charge < -0.3 is 5.32 Å². The van der Waals surface area contributed by atoms with Gasteiger partial charge in [-0.15, -0.1) is 0 Å². The van der Waals surface area contributed by atoms with Crippen LogP contribution in [0.25, 0.3) is 0 Å². The van der Waals surface area contributed by atoms with E-state index in [0.717, 1.165) is 29.4 Å². The SMILES string of the molecule is CCCNC(Cc1cncc(Br)c1)c1ccnnc1. The van der Waals surface area contributed by atoms with Crippen molar-refractivity contribution in [3.8, 4) is 0 Å². The summed E-state index contributed by atoms with van der Waals surface area (Å²) in [4.78, 5) is 4.21. The lowest BCUT2D eigenvalue weighted by atomic mass is 10.0. The van der Waals surface area contributed by atoms with Crippen molar-refractivity contribution in [2.75, 3.05) is 6.54 Å². The van der Waals surface area contributed by atoms with E-state index < -0.39 is 0 Å². The van der Waals surface area contributed by atoms with Crippen molar-refractivity contribution in [2.24, 2.45) is 0 Å². The van der Waals surface area contributed by atoms with E-state index in [9.17, 15) is 0 Å². The van der Waals surface area contributed by atoms with Gasteiger partial charge in [-0.25, -0.2) is 0 Å². The summed E-state index contributed by atoms with van der Waals surface area (Å²) in [6.45, 7) is 3.14. The van der Waals surface area contributed by atoms with Gasteiger partial charge in [-0.2, -0.15) is 10.2 Å². The zero-order chi connectivity index (χ0) is 13.5. The van der Waals surface area contributed by atoms with E-state index in [4.69, 9.17) is 0 Å². The summed E-state index contributed by atoms with van der Waals surface area (Å²) >= 11 is 3.46. The maximum Gasteiger partial charge on any atom is 0.0544 e. The van der Waals surface area contributed by atoms with Crippen molar-refractivity contribution in [1.29, 1.82) is 0 Å². The van der Waals surface area contributed by atoms with Crippen molar-refractivity contribution in [3.63, 3.8) is 0 Å². The van der Waals surface area contributed by atoms with Gasteiger partial charge in [0.1, 0.15) is 0 Å². The number of hydrogen-bond donors (Lipinski definition) is 1. The van der Waals surface area contributed by atoms with Crippen LogP contribution in [0.4, 0.5) is 0 Å². The minimum absolute atomic E-state index is 0.242. The Morgan fingerprint density at radius 2 is 2.16 bits per heavy atom. The molecule has 2 aromatic rings. The van der Waals surface area contributed by atoms with Crippen molar-refractivity contribution in [2.45, 2.75) is 25.8 Å². The second-order valence-corrected chi connectivity index (χ2v) is 5.31. The summed E-state index contributed by atoms with van der Waals surface area (Å²) in [5.74, 6) is 0. The van der Waals surface area contributed by atoms with Gasteiger partial charge in [0.2, 0.25) is 0 Å². The summed E-state index contributed by atoms with van der Waals surface area (Å²) in [7, 11) is 0. The van der Waals surface area contributed by atoms with Crippen LogP contribution in [0.3, 0.4) is 0 Å². The molecule has 4 nitrogen and oxygen atoms in total. The Labute approximate surface area is 121 Å². The molecule has 2 aromatic heterocycles. The van der Waals surface area contributed by atoms with Gasteiger partial charge in [0.05, 0.1) is 6.20 Å². The molecule has 2 heterocycles. The lowest BCUT2D eigenvalue weighted by Gasteiger charge is -2.18. The molecule has 0 saturated heterocycles. The first-order chi connectivity index (χ1) is 9.29. The Morgan fingerprint density at radius 3 is 2.84 bits per heavy atom. The standard InChI is InChI=1S/C14H17BrN4/c1-2-4-17-14(12-3-5-18-19-9-12)7-11-6-13(15)10-16-8-11/h3,5-6,8-10,14,17H,2,4,7H2,1H3. The highest BCUT2D eigenvalue weighted by Gasteiger charge is 2.12. The Hall–Kier alpha value is -1.33. The molecule has 1 N–H and O–H groups in total. The summed E-state index contributed by atoms with van der Waals surface area (Å²) in [6, 6.07) is 4.35. The third-order valence-electron chi connectivity index (χ3n) is 2.85. The topological polar surface area (TPSA) is 50.7 Å². The predicted octanol–water partition coefficient (Wildman–Crippen LogP) is 2.92. The monoisotopic (exact) mass is 320 g/mol. The maximum absolute atomic E-state index is 4.21. The van der Waals surface area contributed by atoms with Crippen LogP contribution >= 0.6 is 15.9 Å². The second kappa shape index (κ2) is 7.31. The number of nitrogens with one attached hydrogen (secondary N) is 1. The van der Waals surface area contributed by atoms with Crippen LogP contribution in [-0.2, 0) is 6.42 Å². The van der Waals surface area contributed by atoms with Gasteiger partial charge in [0.25, 0.3) is 0 Å². The molecule has 0 fully saturated rings. The summed E-state index contributed by atoms with van der Waals surface area (Å²) in [6.07, 6.45) is 9.24. The molecule has 0 radical (unpaired) electrons.